The number of benzene rings is 2. The topological polar surface area (TPSA) is 35.2 Å². The molecule has 0 aromatic heterocycles. The Labute approximate surface area is 119 Å². The van der Waals surface area contributed by atoms with Crippen LogP contribution in [0, 0.1) is 13.8 Å². The Morgan fingerprint density at radius 3 is 2.53 bits per heavy atom. The number of nitrogens with two attached hydrogens (primary N) is 1. The molecule has 19 heavy (non-hydrogen) atoms. The average Bonchev–Trinajstić information content (AvgIpc) is 2.42. The van der Waals surface area contributed by atoms with Crippen molar-refractivity contribution in [1.29, 1.82) is 0 Å². The summed E-state index contributed by atoms with van der Waals surface area (Å²) in [6.07, 6.45) is 0. The molecule has 1 atom stereocenters. The van der Waals surface area contributed by atoms with Crippen molar-refractivity contribution >= 4 is 11.6 Å². The SMILES string of the molecule is COc1cccc(C(N)c2cc(C)c(Cl)cc2C)c1. The van der Waals surface area contributed by atoms with Gasteiger partial charge in [0.05, 0.1) is 13.2 Å². The number of hydrogen-bond donors (Lipinski definition) is 1. The molecule has 0 saturated heterocycles. The molecule has 1 unspecified atom stereocenters. The van der Waals surface area contributed by atoms with Gasteiger partial charge >= 0.3 is 0 Å². The molecule has 2 aromatic rings. The minimum atomic E-state index is -0.175. The van der Waals surface area contributed by atoms with Crippen molar-refractivity contribution in [3.63, 3.8) is 0 Å². The Kier molecular flexibility index (Phi) is 4.13. The fraction of sp³-hybridized carbons (Fsp3) is 0.250. The van der Waals surface area contributed by atoms with Crippen LogP contribution in [0.25, 0.3) is 0 Å². The van der Waals surface area contributed by atoms with Crippen molar-refractivity contribution in [2.75, 3.05) is 7.11 Å². The molecule has 2 nitrogen and oxygen atoms in total. The van der Waals surface area contributed by atoms with E-state index in [-0.39, 0.29) is 6.04 Å². The summed E-state index contributed by atoms with van der Waals surface area (Å²) in [5.41, 5.74) is 10.6. The molecule has 0 aliphatic heterocycles. The summed E-state index contributed by atoms with van der Waals surface area (Å²) >= 11 is 6.12. The number of hydrogen-bond acceptors (Lipinski definition) is 2. The fourth-order valence-corrected chi connectivity index (χ4v) is 2.37. The molecule has 0 bridgehead atoms. The Hall–Kier alpha value is -1.51. The summed E-state index contributed by atoms with van der Waals surface area (Å²) in [4.78, 5) is 0. The van der Waals surface area contributed by atoms with Gasteiger partial charge in [-0.05, 0) is 54.3 Å². The normalized spacial score (nSPS) is 12.3. The Morgan fingerprint density at radius 2 is 1.84 bits per heavy atom. The molecule has 3 heteroatoms. The number of ether oxygens (including phenoxy) is 1. The van der Waals surface area contributed by atoms with Crippen LogP contribution in [0.4, 0.5) is 0 Å². The number of aryl methyl sites for hydroxylation is 2. The van der Waals surface area contributed by atoms with Crippen LogP contribution in [0.5, 0.6) is 5.75 Å². The smallest absolute Gasteiger partial charge is 0.119 e. The molecule has 0 aliphatic carbocycles. The van der Waals surface area contributed by atoms with Crippen LogP contribution in [0.2, 0.25) is 5.02 Å². The van der Waals surface area contributed by atoms with Crippen LogP contribution in [-0.4, -0.2) is 7.11 Å². The van der Waals surface area contributed by atoms with E-state index in [1.807, 2.05) is 44.2 Å². The third-order valence-corrected chi connectivity index (χ3v) is 3.74. The predicted octanol–water partition coefficient (Wildman–Crippen LogP) is 4.01. The van der Waals surface area contributed by atoms with Crippen molar-refractivity contribution in [2.45, 2.75) is 19.9 Å². The van der Waals surface area contributed by atoms with E-state index in [1.165, 1.54) is 0 Å². The van der Waals surface area contributed by atoms with Gasteiger partial charge in [0.1, 0.15) is 5.75 Å². The largest absolute Gasteiger partial charge is 0.497 e. The van der Waals surface area contributed by atoms with E-state index in [0.717, 1.165) is 33.0 Å². The van der Waals surface area contributed by atoms with E-state index >= 15 is 0 Å². The highest BCUT2D eigenvalue weighted by molar-refractivity contribution is 6.31. The second kappa shape index (κ2) is 5.64. The van der Waals surface area contributed by atoms with E-state index in [4.69, 9.17) is 22.1 Å². The van der Waals surface area contributed by atoms with Gasteiger partial charge in [-0.15, -0.1) is 0 Å². The maximum Gasteiger partial charge on any atom is 0.119 e. The van der Waals surface area contributed by atoms with Gasteiger partial charge in [-0.1, -0.05) is 29.8 Å². The molecule has 2 N–H and O–H groups in total. The highest BCUT2D eigenvalue weighted by Crippen LogP contribution is 2.29. The lowest BCUT2D eigenvalue weighted by Crippen LogP contribution is -2.13. The van der Waals surface area contributed by atoms with Crippen molar-refractivity contribution in [2.24, 2.45) is 5.73 Å². The molecule has 0 radical (unpaired) electrons. The molecule has 0 aliphatic rings. The van der Waals surface area contributed by atoms with Gasteiger partial charge in [0.25, 0.3) is 0 Å². The number of rotatable bonds is 3. The van der Waals surface area contributed by atoms with Crippen LogP contribution in [0.15, 0.2) is 36.4 Å². The first-order valence-corrected chi connectivity index (χ1v) is 6.57. The molecule has 0 heterocycles. The summed E-state index contributed by atoms with van der Waals surface area (Å²) < 4.78 is 5.24. The molecule has 2 rings (SSSR count). The monoisotopic (exact) mass is 275 g/mol. The standard InChI is InChI=1S/C16H18ClNO/c1-10-8-15(17)11(2)7-14(10)16(18)12-5-4-6-13(9-12)19-3/h4-9,16H,18H2,1-3H3. The molecule has 2 aromatic carbocycles. The van der Waals surface area contributed by atoms with Crippen LogP contribution in [0.1, 0.15) is 28.3 Å². The molecule has 0 fully saturated rings. The maximum absolute atomic E-state index is 6.36. The Morgan fingerprint density at radius 1 is 1.11 bits per heavy atom. The molecule has 0 saturated carbocycles. The van der Waals surface area contributed by atoms with Gasteiger partial charge in [-0.25, -0.2) is 0 Å². The highest BCUT2D eigenvalue weighted by atomic mass is 35.5. The third kappa shape index (κ3) is 2.91. The molecular formula is C16H18ClNO. The first kappa shape index (κ1) is 13.9. The zero-order valence-corrected chi connectivity index (χ0v) is 12.2. The second-order valence-electron chi connectivity index (χ2n) is 4.71. The van der Waals surface area contributed by atoms with Crippen LogP contribution in [0.3, 0.4) is 0 Å². The van der Waals surface area contributed by atoms with Gasteiger partial charge in [0.15, 0.2) is 0 Å². The van der Waals surface area contributed by atoms with Crippen molar-refractivity contribution in [3.8, 4) is 5.75 Å². The van der Waals surface area contributed by atoms with Gasteiger partial charge in [-0.3, -0.25) is 0 Å². The summed E-state index contributed by atoms with van der Waals surface area (Å²) in [6, 6.07) is 11.7. The zero-order chi connectivity index (χ0) is 14.0. The zero-order valence-electron chi connectivity index (χ0n) is 11.4. The molecular weight excluding hydrogens is 258 g/mol. The average molecular weight is 276 g/mol. The van der Waals surface area contributed by atoms with Crippen molar-refractivity contribution < 1.29 is 4.74 Å². The lowest BCUT2D eigenvalue weighted by atomic mass is 9.94. The van der Waals surface area contributed by atoms with Gasteiger partial charge in [-0.2, -0.15) is 0 Å². The summed E-state index contributed by atoms with van der Waals surface area (Å²) in [6.45, 7) is 4.02. The van der Waals surface area contributed by atoms with E-state index in [2.05, 4.69) is 6.07 Å². The Bertz CT molecular complexity index is 595. The molecule has 100 valence electrons. The molecule has 0 spiro atoms. The lowest BCUT2D eigenvalue weighted by molar-refractivity contribution is 0.414. The summed E-state index contributed by atoms with van der Waals surface area (Å²) in [7, 11) is 1.66. The summed E-state index contributed by atoms with van der Waals surface area (Å²) in [5.74, 6) is 0.816. The minimum Gasteiger partial charge on any atom is -0.497 e. The minimum absolute atomic E-state index is 0.175. The van der Waals surface area contributed by atoms with Gasteiger partial charge < -0.3 is 10.5 Å². The first-order valence-electron chi connectivity index (χ1n) is 6.19. The first-order chi connectivity index (χ1) is 9.02. The van der Waals surface area contributed by atoms with Crippen molar-refractivity contribution in [3.05, 3.63) is 63.7 Å². The van der Waals surface area contributed by atoms with E-state index in [0.29, 0.717) is 0 Å². The Balaban J connectivity index is 2.43. The number of halogens is 1. The predicted molar refractivity (Wildman–Crippen MR) is 80.0 cm³/mol. The van der Waals surface area contributed by atoms with Crippen LogP contribution in [-0.2, 0) is 0 Å². The molecule has 0 amide bonds. The van der Waals surface area contributed by atoms with Crippen molar-refractivity contribution in [1.82, 2.24) is 0 Å². The van der Waals surface area contributed by atoms with E-state index in [1.54, 1.807) is 7.11 Å². The van der Waals surface area contributed by atoms with Gasteiger partial charge in [0, 0.05) is 5.02 Å². The van der Waals surface area contributed by atoms with Gasteiger partial charge in [0.2, 0.25) is 0 Å². The highest BCUT2D eigenvalue weighted by Gasteiger charge is 2.13. The van der Waals surface area contributed by atoms with E-state index < -0.39 is 0 Å². The third-order valence-electron chi connectivity index (χ3n) is 3.34. The lowest BCUT2D eigenvalue weighted by Gasteiger charge is -2.17. The number of methoxy groups -OCH3 is 1. The van der Waals surface area contributed by atoms with Crippen LogP contribution < -0.4 is 10.5 Å². The quantitative estimate of drug-likeness (QED) is 0.918. The second-order valence-corrected chi connectivity index (χ2v) is 5.12. The van der Waals surface area contributed by atoms with E-state index in [9.17, 15) is 0 Å². The summed E-state index contributed by atoms with van der Waals surface area (Å²) in [5, 5.41) is 0.777. The van der Waals surface area contributed by atoms with Crippen LogP contribution >= 0.6 is 11.6 Å². The maximum atomic E-state index is 6.36. The fourth-order valence-electron chi connectivity index (χ4n) is 2.15.